The van der Waals surface area contributed by atoms with Gasteiger partial charge in [-0.1, -0.05) is 69.5 Å². The standard InChI is InChI=1S/C26H40O/c1-3-5-6-7-22-12-15-24(16-13-22)25-17-19-26(27-20-25)18-14-23-10-8-21(4-2)9-11-23/h12-16,18,21,23,25-26H,3-11,17,19-20H2,1-2H3. The molecular formula is C26H40O. The Morgan fingerprint density at radius 2 is 1.67 bits per heavy atom. The van der Waals surface area contributed by atoms with Crippen LogP contribution >= 0.6 is 0 Å². The summed E-state index contributed by atoms with van der Waals surface area (Å²) in [7, 11) is 0. The molecule has 2 fully saturated rings. The van der Waals surface area contributed by atoms with Gasteiger partial charge in [-0.25, -0.2) is 0 Å². The number of allylic oxidation sites excluding steroid dienone is 1. The van der Waals surface area contributed by atoms with Gasteiger partial charge in [-0.15, -0.1) is 0 Å². The Morgan fingerprint density at radius 1 is 0.889 bits per heavy atom. The molecule has 1 aliphatic carbocycles. The molecule has 0 bridgehead atoms. The molecule has 1 aliphatic heterocycles. The largest absolute Gasteiger partial charge is 0.374 e. The molecule has 0 aromatic heterocycles. The number of benzene rings is 1. The highest BCUT2D eigenvalue weighted by Crippen LogP contribution is 2.33. The van der Waals surface area contributed by atoms with E-state index in [1.54, 1.807) is 0 Å². The molecule has 1 saturated heterocycles. The van der Waals surface area contributed by atoms with Crippen molar-refractivity contribution in [3.8, 4) is 0 Å². The van der Waals surface area contributed by atoms with Crippen LogP contribution in [0, 0.1) is 11.8 Å². The lowest BCUT2D eigenvalue weighted by Crippen LogP contribution is -2.23. The van der Waals surface area contributed by atoms with E-state index in [0.29, 0.717) is 12.0 Å². The first kappa shape index (κ1) is 20.6. The Morgan fingerprint density at radius 3 is 2.30 bits per heavy atom. The summed E-state index contributed by atoms with van der Waals surface area (Å²) < 4.78 is 6.20. The first-order chi connectivity index (χ1) is 13.3. The van der Waals surface area contributed by atoms with Crippen molar-refractivity contribution in [2.75, 3.05) is 6.61 Å². The Bertz CT molecular complexity index is 542. The summed E-state index contributed by atoms with van der Waals surface area (Å²) in [5.74, 6) is 2.37. The van der Waals surface area contributed by atoms with Crippen LogP contribution in [-0.2, 0) is 11.2 Å². The second-order valence-corrected chi connectivity index (χ2v) is 8.92. The van der Waals surface area contributed by atoms with E-state index in [0.717, 1.165) is 18.4 Å². The van der Waals surface area contributed by atoms with Gasteiger partial charge in [-0.05, 0) is 74.3 Å². The molecule has 1 nitrogen and oxygen atoms in total. The molecule has 27 heavy (non-hydrogen) atoms. The minimum atomic E-state index is 0.346. The van der Waals surface area contributed by atoms with E-state index < -0.39 is 0 Å². The summed E-state index contributed by atoms with van der Waals surface area (Å²) in [6.45, 7) is 5.49. The molecule has 1 aromatic rings. The van der Waals surface area contributed by atoms with Crippen LogP contribution in [0.15, 0.2) is 36.4 Å². The number of ether oxygens (including phenoxy) is 1. The highest BCUT2D eigenvalue weighted by atomic mass is 16.5. The summed E-state index contributed by atoms with van der Waals surface area (Å²) in [6, 6.07) is 9.36. The summed E-state index contributed by atoms with van der Waals surface area (Å²) in [6.07, 6.45) is 19.8. The van der Waals surface area contributed by atoms with Crippen molar-refractivity contribution in [1.29, 1.82) is 0 Å². The van der Waals surface area contributed by atoms with Crippen molar-refractivity contribution in [3.63, 3.8) is 0 Å². The molecule has 1 aromatic carbocycles. The Labute approximate surface area is 167 Å². The average Bonchev–Trinajstić information content (AvgIpc) is 2.74. The third kappa shape index (κ3) is 6.49. The van der Waals surface area contributed by atoms with Crippen molar-refractivity contribution in [2.24, 2.45) is 11.8 Å². The number of hydrogen-bond donors (Lipinski definition) is 0. The molecular weight excluding hydrogens is 328 g/mol. The van der Waals surface area contributed by atoms with Gasteiger partial charge in [0.2, 0.25) is 0 Å². The van der Waals surface area contributed by atoms with Crippen molar-refractivity contribution >= 4 is 0 Å². The van der Waals surface area contributed by atoms with Gasteiger partial charge in [0.05, 0.1) is 12.7 Å². The van der Waals surface area contributed by atoms with Gasteiger partial charge in [0, 0.05) is 5.92 Å². The van der Waals surface area contributed by atoms with Crippen molar-refractivity contribution < 1.29 is 4.74 Å². The molecule has 2 unspecified atom stereocenters. The quantitative estimate of drug-likeness (QED) is 0.342. The van der Waals surface area contributed by atoms with Crippen molar-refractivity contribution in [1.82, 2.24) is 0 Å². The van der Waals surface area contributed by atoms with Gasteiger partial charge < -0.3 is 4.74 Å². The smallest absolute Gasteiger partial charge is 0.0756 e. The summed E-state index contributed by atoms with van der Waals surface area (Å²) in [5.41, 5.74) is 2.96. The lowest BCUT2D eigenvalue weighted by atomic mass is 9.80. The lowest BCUT2D eigenvalue weighted by Gasteiger charge is -2.29. The van der Waals surface area contributed by atoms with Gasteiger partial charge in [0.15, 0.2) is 0 Å². The van der Waals surface area contributed by atoms with Crippen LogP contribution in [0.25, 0.3) is 0 Å². The Hall–Kier alpha value is -1.08. The van der Waals surface area contributed by atoms with E-state index in [1.807, 2.05) is 0 Å². The van der Waals surface area contributed by atoms with E-state index in [2.05, 4.69) is 50.3 Å². The van der Waals surface area contributed by atoms with E-state index >= 15 is 0 Å². The number of unbranched alkanes of at least 4 members (excludes halogenated alkanes) is 2. The second kappa shape index (κ2) is 11.1. The van der Waals surface area contributed by atoms with E-state index in [1.165, 1.54) is 81.8 Å². The Kier molecular flexibility index (Phi) is 8.45. The molecule has 0 amide bonds. The zero-order chi connectivity index (χ0) is 18.9. The van der Waals surface area contributed by atoms with E-state index in [-0.39, 0.29) is 0 Å². The first-order valence-electron chi connectivity index (χ1n) is 11.7. The fourth-order valence-electron chi connectivity index (χ4n) is 4.79. The molecule has 0 spiro atoms. The number of hydrogen-bond acceptors (Lipinski definition) is 1. The van der Waals surface area contributed by atoms with Crippen LogP contribution in [0.5, 0.6) is 0 Å². The predicted octanol–water partition coefficient (Wildman–Crippen LogP) is 7.45. The topological polar surface area (TPSA) is 9.23 Å². The summed E-state index contributed by atoms with van der Waals surface area (Å²) >= 11 is 0. The summed E-state index contributed by atoms with van der Waals surface area (Å²) in [5, 5.41) is 0. The van der Waals surface area contributed by atoms with Crippen LogP contribution < -0.4 is 0 Å². The maximum absolute atomic E-state index is 6.20. The summed E-state index contributed by atoms with van der Waals surface area (Å²) in [4.78, 5) is 0. The molecule has 1 saturated carbocycles. The van der Waals surface area contributed by atoms with Gasteiger partial charge in [-0.3, -0.25) is 0 Å². The van der Waals surface area contributed by atoms with E-state index in [9.17, 15) is 0 Å². The third-order valence-electron chi connectivity index (χ3n) is 6.90. The van der Waals surface area contributed by atoms with Crippen LogP contribution in [0.4, 0.5) is 0 Å². The first-order valence-corrected chi connectivity index (χ1v) is 11.7. The van der Waals surface area contributed by atoms with Crippen molar-refractivity contribution in [3.05, 3.63) is 47.5 Å². The molecule has 0 N–H and O–H groups in total. The maximum atomic E-state index is 6.20. The molecule has 3 rings (SSSR count). The number of rotatable bonds is 8. The zero-order valence-corrected chi connectivity index (χ0v) is 17.7. The van der Waals surface area contributed by atoms with Gasteiger partial charge in [0.25, 0.3) is 0 Å². The monoisotopic (exact) mass is 368 g/mol. The van der Waals surface area contributed by atoms with Gasteiger partial charge in [0.1, 0.15) is 0 Å². The lowest BCUT2D eigenvalue weighted by molar-refractivity contribution is 0.0323. The van der Waals surface area contributed by atoms with Crippen molar-refractivity contribution in [2.45, 2.75) is 96.5 Å². The highest BCUT2D eigenvalue weighted by molar-refractivity contribution is 5.26. The minimum Gasteiger partial charge on any atom is -0.374 e. The normalized spacial score (nSPS) is 29.3. The molecule has 1 heteroatoms. The highest BCUT2D eigenvalue weighted by Gasteiger charge is 2.22. The third-order valence-corrected chi connectivity index (χ3v) is 6.90. The van der Waals surface area contributed by atoms with E-state index in [4.69, 9.17) is 4.74 Å². The second-order valence-electron chi connectivity index (χ2n) is 8.92. The van der Waals surface area contributed by atoms with Crippen LogP contribution in [0.1, 0.15) is 95.1 Å². The van der Waals surface area contributed by atoms with Crippen LogP contribution in [-0.4, -0.2) is 12.7 Å². The SMILES string of the molecule is CCCCCc1ccc(C2CCC(C=CC3CCC(CC)CC3)OC2)cc1. The molecule has 0 radical (unpaired) electrons. The molecule has 2 atom stereocenters. The average molecular weight is 369 g/mol. The fourth-order valence-corrected chi connectivity index (χ4v) is 4.79. The molecule has 1 heterocycles. The minimum absolute atomic E-state index is 0.346. The fraction of sp³-hybridized carbons (Fsp3) is 0.692. The van der Waals surface area contributed by atoms with Crippen LogP contribution in [0.2, 0.25) is 0 Å². The molecule has 2 aliphatic rings. The van der Waals surface area contributed by atoms with Gasteiger partial charge in [-0.2, -0.15) is 0 Å². The predicted molar refractivity (Wildman–Crippen MR) is 116 cm³/mol. The maximum Gasteiger partial charge on any atom is 0.0756 e. The number of aryl methyl sites for hydroxylation is 1. The Balaban J connectivity index is 1.40. The molecule has 150 valence electrons. The van der Waals surface area contributed by atoms with Crippen LogP contribution in [0.3, 0.4) is 0 Å². The zero-order valence-electron chi connectivity index (χ0n) is 17.7. The van der Waals surface area contributed by atoms with Gasteiger partial charge >= 0.3 is 0 Å².